The minimum Gasteiger partial charge on any atom is -0.482 e. The molecule has 0 heterocycles. The van der Waals surface area contributed by atoms with Crippen molar-refractivity contribution in [3.63, 3.8) is 0 Å². The average molecular weight is 350 g/mol. The highest BCUT2D eigenvalue weighted by Crippen LogP contribution is 2.27. The van der Waals surface area contributed by atoms with Gasteiger partial charge < -0.3 is 15.8 Å². The van der Waals surface area contributed by atoms with E-state index in [-0.39, 0.29) is 28.3 Å². The second-order valence-electron chi connectivity index (χ2n) is 4.66. The van der Waals surface area contributed by atoms with Crippen LogP contribution in [0.1, 0.15) is 13.8 Å². The van der Waals surface area contributed by atoms with E-state index in [4.69, 9.17) is 22.1 Å². The van der Waals surface area contributed by atoms with Gasteiger partial charge in [-0.15, -0.1) is 0 Å². The molecule has 22 heavy (non-hydrogen) atoms. The van der Waals surface area contributed by atoms with Crippen LogP contribution in [-0.4, -0.2) is 40.1 Å². The summed E-state index contributed by atoms with van der Waals surface area (Å²) in [5.74, 6) is -0.682. The maximum absolute atomic E-state index is 12.4. The van der Waals surface area contributed by atoms with Crippen LogP contribution in [0.15, 0.2) is 23.1 Å². The number of sulfonamides is 1. The number of likely N-dealkylation sites (N-methyl/N-ethyl adjacent to an activating group) is 1. The number of benzene rings is 1. The number of ether oxygens (including phenoxy) is 1. The van der Waals surface area contributed by atoms with Crippen LogP contribution < -0.4 is 20.5 Å². The molecule has 1 aromatic rings. The molecule has 0 fully saturated rings. The molecule has 1 atom stereocenters. The van der Waals surface area contributed by atoms with Gasteiger partial charge in [-0.05, 0) is 31.7 Å². The van der Waals surface area contributed by atoms with Crippen molar-refractivity contribution in [2.45, 2.75) is 24.8 Å². The Morgan fingerprint density at radius 2 is 2.14 bits per heavy atom. The topological polar surface area (TPSA) is 111 Å². The Morgan fingerprint density at radius 1 is 1.45 bits per heavy atom. The Bertz CT molecular complexity index is 622. The number of hydrogen-bond acceptors (Lipinski definition) is 5. The molecule has 1 aromatic carbocycles. The SMILES string of the molecule is CCN[C@H](C)CNS(=O)(=O)c1cc(Cl)ccc1OCC(N)=O. The summed E-state index contributed by atoms with van der Waals surface area (Å²) in [7, 11) is -3.83. The standard InChI is InChI=1S/C13H20ClN3O4S/c1-3-16-9(2)7-17-22(19,20)12-6-10(14)4-5-11(12)21-8-13(15)18/h4-6,9,16-17H,3,7-8H2,1-2H3,(H2,15,18)/t9-/m1/s1. The van der Waals surface area contributed by atoms with E-state index in [1.807, 2.05) is 13.8 Å². The number of primary amides is 1. The van der Waals surface area contributed by atoms with Gasteiger partial charge in [-0.3, -0.25) is 4.79 Å². The van der Waals surface area contributed by atoms with E-state index in [0.717, 1.165) is 6.54 Å². The molecule has 0 unspecified atom stereocenters. The largest absolute Gasteiger partial charge is 0.482 e. The number of nitrogens with one attached hydrogen (secondary N) is 2. The minimum absolute atomic E-state index is 0.0202. The van der Waals surface area contributed by atoms with Crippen LogP contribution in [0.2, 0.25) is 5.02 Å². The van der Waals surface area contributed by atoms with Crippen molar-refractivity contribution in [3.8, 4) is 5.75 Å². The second kappa shape index (κ2) is 8.33. The Kier molecular flexibility index (Phi) is 7.08. The first-order valence-electron chi connectivity index (χ1n) is 6.70. The second-order valence-corrected chi connectivity index (χ2v) is 6.83. The van der Waals surface area contributed by atoms with Crippen LogP contribution in [0.5, 0.6) is 5.75 Å². The number of halogens is 1. The highest BCUT2D eigenvalue weighted by molar-refractivity contribution is 7.89. The van der Waals surface area contributed by atoms with Crippen molar-refractivity contribution < 1.29 is 17.9 Å². The molecule has 0 bridgehead atoms. The maximum Gasteiger partial charge on any atom is 0.255 e. The van der Waals surface area contributed by atoms with Crippen LogP contribution in [0.3, 0.4) is 0 Å². The molecule has 4 N–H and O–H groups in total. The Balaban J connectivity index is 2.96. The molecule has 124 valence electrons. The van der Waals surface area contributed by atoms with Crippen molar-refractivity contribution in [1.82, 2.24) is 10.0 Å². The normalized spacial score (nSPS) is 12.9. The zero-order chi connectivity index (χ0) is 16.8. The zero-order valence-electron chi connectivity index (χ0n) is 12.4. The Labute approximate surface area is 135 Å². The maximum atomic E-state index is 12.4. The third-order valence-corrected chi connectivity index (χ3v) is 4.38. The van der Waals surface area contributed by atoms with Gasteiger partial charge in [0.25, 0.3) is 5.91 Å². The van der Waals surface area contributed by atoms with E-state index in [9.17, 15) is 13.2 Å². The van der Waals surface area contributed by atoms with Gasteiger partial charge in [-0.2, -0.15) is 0 Å². The minimum atomic E-state index is -3.83. The molecule has 0 aliphatic carbocycles. The monoisotopic (exact) mass is 349 g/mol. The van der Waals surface area contributed by atoms with Gasteiger partial charge in [0.05, 0.1) is 0 Å². The molecule has 0 aliphatic rings. The van der Waals surface area contributed by atoms with Crippen molar-refractivity contribution in [3.05, 3.63) is 23.2 Å². The summed E-state index contributed by atoms with van der Waals surface area (Å²) < 4.78 is 32.3. The van der Waals surface area contributed by atoms with Gasteiger partial charge in [-0.25, -0.2) is 13.1 Å². The highest BCUT2D eigenvalue weighted by Gasteiger charge is 2.21. The van der Waals surface area contributed by atoms with Crippen molar-refractivity contribution in [2.75, 3.05) is 19.7 Å². The summed E-state index contributed by atoms with van der Waals surface area (Å²) in [6.45, 7) is 4.30. The molecule has 1 amide bonds. The van der Waals surface area contributed by atoms with Gasteiger partial charge in [0.2, 0.25) is 10.0 Å². The fraction of sp³-hybridized carbons (Fsp3) is 0.462. The highest BCUT2D eigenvalue weighted by atomic mass is 35.5. The van der Waals surface area contributed by atoms with Crippen LogP contribution in [0.25, 0.3) is 0 Å². The number of rotatable bonds is 9. The van der Waals surface area contributed by atoms with Gasteiger partial charge in [0.1, 0.15) is 10.6 Å². The van der Waals surface area contributed by atoms with Crippen LogP contribution in [0, 0.1) is 0 Å². The lowest BCUT2D eigenvalue weighted by atomic mass is 10.3. The van der Waals surface area contributed by atoms with Gasteiger partial charge >= 0.3 is 0 Å². The first kappa shape index (κ1) is 18.7. The molecule has 0 saturated heterocycles. The molecule has 0 saturated carbocycles. The summed E-state index contributed by atoms with van der Waals surface area (Å²) >= 11 is 5.85. The van der Waals surface area contributed by atoms with E-state index < -0.39 is 22.5 Å². The first-order valence-corrected chi connectivity index (χ1v) is 8.56. The van der Waals surface area contributed by atoms with E-state index >= 15 is 0 Å². The summed E-state index contributed by atoms with van der Waals surface area (Å²) in [6.07, 6.45) is 0. The van der Waals surface area contributed by atoms with Gasteiger partial charge in [0, 0.05) is 17.6 Å². The lowest BCUT2D eigenvalue weighted by Crippen LogP contribution is -2.38. The van der Waals surface area contributed by atoms with Crippen molar-refractivity contribution >= 4 is 27.5 Å². The fourth-order valence-corrected chi connectivity index (χ4v) is 3.23. The third kappa shape index (κ3) is 5.80. The molecule has 0 aliphatic heterocycles. The molecule has 7 nitrogen and oxygen atoms in total. The third-order valence-electron chi connectivity index (χ3n) is 2.70. The predicted molar refractivity (Wildman–Crippen MR) is 84.5 cm³/mol. The summed E-state index contributed by atoms with van der Waals surface area (Å²) in [4.78, 5) is 10.7. The first-order chi connectivity index (χ1) is 10.3. The Morgan fingerprint density at radius 3 is 2.73 bits per heavy atom. The van der Waals surface area contributed by atoms with Crippen molar-refractivity contribution in [2.24, 2.45) is 5.73 Å². The van der Waals surface area contributed by atoms with Crippen LogP contribution >= 0.6 is 11.6 Å². The van der Waals surface area contributed by atoms with Crippen LogP contribution in [0.4, 0.5) is 0 Å². The molecule has 0 radical (unpaired) electrons. The van der Waals surface area contributed by atoms with E-state index in [2.05, 4.69) is 10.0 Å². The van der Waals surface area contributed by atoms with Gasteiger partial charge in [-0.1, -0.05) is 18.5 Å². The lowest BCUT2D eigenvalue weighted by Gasteiger charge is -2.15. The molecular weight excluding hydrogens is 330 g/mol. The molecule has 1 rings (SSSR count). The van der Waals surface area contributed by atoms with E-state index in [0.29, 0.717) is 0 Å². The zero-order valence-corrected chi connectivity index (χ0v) is 14.0. The van der Waals surface area contributed by atoms with Crippen LogP contribution in [-0.2, 0) is 14.8 Å². The predicted octanol–water partition coefficient (Wildman–Crippen LogP) is 0.480. The molecule has 9 heteroatoms. The van der Waals surface area contributed by atoms with E-state index in [1.165, 1.54) is 18.2 Å². The fourth-order valence-electron chi connectivity index (χ4n) is 1.69. The van der Waals surface area contributed by atoms with E-state index in [1.54, 1.807) is 0 Å². The summed E-state index contributed by atoms with van der Waals surface area (Å²) in [6, 6.07) is 4.08. The molecule has 0 aromatic heterocycles. The Hall–Kier alpha value is -1.35. The molecular formula is C13H20ClN3O4S. The summed E-state index contributed by atoms with van der Waals surface area (Å²) in [5.41, 5.74) is 5.00. The number of amides is 1. The smallest absolute Gasteiger partial charge is 0.255 e. The number of carbonyl (C=O) groups is 1. The average Bonchev–Trinajstić information content (AvgIpc) is 2.44. The number of nitrogens with two attached hydrogens (primary N) is 1. The number of carbonyl (C=O) groups excluding carboxylic acids is 1. The number of hydrogen-bond donors (Lipinski definition) is 3. The summed E-state index contributed by atoms with van der Waals surface area (Å²) in [5, 5.41) is 3.33. The quantitative estimate of drug-likeness (QED) is 0.600. The molecule has 0 spiro atoms. The van der Waals surface area contributed by atoms with Gasteiger partial charge in [0.15, 0.2) is 6.61 Å². The lowest BCUT2D eigenvalue weighted by molar-refractivity contribution is -0.120. The van der Waals surface area contributed by atoms with Crippen molar-refractivity contribution in [1.29, 1.82) is 0 Å².